The van der Waals surface area contributed by atoms with Gasteiger partial charge in [0.1, 0.15) is 0 Å². The number of benzene rings is 9. The van der Waals surface area contributed by atoms with E-state index in [1.54, 1.807) is 0 Å². The van der Waals surface area contributed by atoms with Gasteiger partial charge in [0, 0.05) is 16.6 Å². The van der Waals surface area contributed by atoms with Crippen molar-refractivity contribution in [2.24, 2.45) is 0 Å². The van der Waals surface area contributed by atoms with Crippen LogP contribution in [0, 0.1) is 0 Å². The molecule has 0 saturated carbocycles. The summed E-state index contributed by atoms with van der Waals surface area (Å²) in [5.74, 6) is 0. The van der Waals surface area contributed by atoms with E-state index in [-0.39, 0.29) is 0 Å². The first-order valence-corrected chi connectivity index (χ1v) is 16.3. The van der Waals surface area contributed by atoms with Gasteiger partial charge in [0.2, 0.25) is 0 Å². The van der Waals surface area contributed by atoms with Crippen LogP contribution in [0.3, 0.4) is 0 Å². The molecule has 0 saturated heterocycles. The van der Waals surface area contributed by atoms with Crippen LogP contribution in [0.15, 0.2) is 176 Å². The van der Waals surface area contributed by atoms with Crippen molar-refractivity contribution < 1.29 is 0 Å². The van der Waals surface area contributed by atoms with Crippen molar-refractivity contribution in [3.63, 3.8) is 0 Å². The summed E-state index contributed by atoms with van der Waals surface area (Å²) in [6.07, 6.45) is 0. The fourth-order valence-electron chi connectivity index (χ4n) is 7.89. The predicted octanol–water partition coefficient (Wildman–Crippen LogP) is 12.7. The molecule has 0 fully saturated rings. The second-order valence-electron chi connectivity index (χ2n) is 12.5. The summed E-state index contributed by atoms with van der Waals surface area (Å²) >= 11 is 0. The number of rotatable bonds is 3. The molecule has 1 aromatic heterocycles. The van der Waals surface area contributed by atoms with Crippen LogP contribution >= 0.6 is 0 Å². The van der Waals surface area contributed by atoms with Crippen molar-refractivity contribution in [1.29, 1.82) is 0 Å². The number of hydrogen-bond acceptors (Lipinski definition) is 0. The third kappa shape index (κ3) is 3.90. The van der Waals surface area contributed by atoms with Crippen LogP contribution in [0.2, 0.25) is 0 Å². The SMILES string of the molecule is c1ccc(-n2c(-c3c4ccccc4c(-c4cccc5c4ccc4cc6ccccc6cc45)c4ccccc34)cc3ccccc32)cc1. The van der Waals surface area contributed by atoms with Gasteiger partial charge in [-0.25, -0.2) is 0 Å². The molecule has 1 nitrogen and oxygen atoms in total. The van der Waals surface area contributed by atoms with Crippen LogP contribution in [0.5, 0.6) is 0 Å². The zero-order valence-electron chi connectivity index (χ0n) is 25.7. The van der Waals surface area contributed by atoms with Crippen molar-refractivity contribution in [1.82, 2.24) is 4.57 Å². The lowest BCUT2D eigenvalue weighted by Gasteiger charge is -2.20. The molecule has 0 unspecified atom stereocenters. The fourth-order valence-corrected chi connectivity index (χ4v) is 7.89. The maximum Gasteiger partial charge on any atom is 0.0553 e. The molecule has 0 bridgehead atoms. The summed E-state index contributed by atoms with van der Waals surface area (Å²) in [5, 5.41) is 13.9. The summed E-state index contributed by atoms with van der Waals surface area (Å²) in [7, 11) is 0. The van der Waals surface area contributed by atoms with E-state index in [0.29, 0.717) is 0 Å². The van der Waals surface area contributed by atoms with E-state index in [2.05, 4.69) is 180 Å². The van der Waals surface area contributed by atoms with E-state index in [1.807, 2.05) is 0 Å². The molecule has 10 rings (SSSR count). The molecule has 0 amide bonds. The Morgan fingerprint density at radius 2 is 0.872 bits per heavy atom. The van der Waals surface area contributed by atoms with Crippen LogP contribution in [-0.2, 0) is 0 Å². The van der Waals surface area contributed by atoms with Gasteiger partial charge >= 0.3 is 0 Å². The molecule has 0 radical (unpaired) electrons. The van der Waals surface area contributed by atoms with Crippen LogP contribution in [0.4, 0.5) is 0 Å². The molecule has 0 aliphatic carbocycles. The van der Waals surface area contributed by atoms with Gasteiger partial charge in [-0.3, -0.25) is 0 Å². The lowest BCUT2D eigenvalue weighted by molar-refractivity contribution is 1.14. The Hall–Kier alpha value is -6.18. The number of aromatic nitrogens is 1. The summed E-state index contributed by atoms with van der Waals surface area (Å²) < 4.78 is 2.43. The minimum atomic E-state index is 1.16. The second kappa shape index (κ2) is 10.2. The average molecular weight is 596 g/mol. The van der Waals surface area contributed by atoms with Crippen molar-refractivity contribution in [3.8, 4) is 28.1 Å². The smallest absolute Gasteiger partial charge is 0.0553 e. The lowest BCUT2D eigenvalue weighted by atomic mass is 9.85. The third-order valence-corrected chi connectivity index (χ3v) is 9.93. The Labute approximate surface area is 272 Å². The van der Waals surface area contributed by atoms with Crippen LogP contribution in [0.1, 0.15) is 0 Å². The highest BCUT2D eigenvalue weighted by Gasteiger charge is 2.21. The number of nitrogens with zero attached hydrogens (tertiary/aromatic N) is 1. The maximum atomic E-state index is 2.43. The summed E-state index contributed by atoms with van der Waals surface area (Å²) in [6, 6.07) is 64.6. The zero-order valence-corrected chi connectivity index (χ0v) is 25.7. The standard InChI is InChI=1S/C46H29N/c1-2-16-34(17-3-1)47-43-24-11-6-15-33(43)29-44(47)46-40-20-9-7-18-38(40)45(39-19-8-10-21-41(39)46)37-23-12-22-35-36(37)26-25-32-27-30-13-4-5-14-31(30)28-42(32)35/h1-29H. The molecule has 47 heavy (non-hydrogen) atoms. The first-order valence-electron chi connectivity index (χ1n) is 16.3. The molecular weight excluding hydrogens is 567 g/mol. The Bertz CT molecular complexity index is 2780. The first-order chi connectivity index (χ1) is 23.3. The first kappa shape index (κ1) is 26.1. The Balaban J connectivity index is 1.33. The van der Waals surface area contributed by atoms with E-state index >= 15 is 0 Å². The highest BCUT2D eigenvalue weighted by Crippen LogP contribution is 2.47. The van der Waals surface area contributed by atoms with E-state index in [9.17, 15) is 0 Å². The van der Waals surface area contributed by atoms with Gasteiger partial charge in [-0.15, -0.1) is 0 Å². The Morgan fingerprint density at radius 1 is 0.298 bits per heavy atom. The van der Waals surface area contributed by atoms with Gasteiger partial charge in [0.25, 0.3) is 0 Å². The minimum absolute atomic E-state index is 1.16. The van der Waals surface area contributed by atoms with Gasteiger partial charge in [-0.2, -0.15) is 0 Å². The molecule has 218 valence electrons. The van der Waals surface area contributed by atoms with E-state index in [0.717, 1.165) is 5.69 Å². The van der Waals surface area contributed by atoms with E-state index in [1.165, 1.54) is 87.1 Å². The number of para-hydroxylation sites is 2. The molecule has 0 aliphatic heterocycles. The highest BCUT2D eigenvalue weighted by atomic mass is 15.0. The fraction of sp³-hybridized carbons (Fsp3) is 0. The number of hydrogen-bond donors (Lipinski definition) is 0. The monoisotopic (exact) mass is 595 g/mol. The minimum Gasteiger partial charge on any atom is -0.309 e. The van der Waals surface area contributed by atoms with Gasteiger partial charge in [-0.1, -0.05) is 140 Å². The summed E-state index contributed by atoms with van der Waals surface area (Å²) in [5.41, 5.74) is 7.38. The maximum absolute atomic E-state index is 2.43. The topological polar surface area (TPSA) is 4.93 Å². The highest BCUT2D eigenvalue weighted by molar-refractivity contribution is 6.25. The Morgan fingerprint density at radius 3 is 1.60 bits per heavy atom. The molecule has 1 heteroatoms. The van der Waals surface area contributed by atoms with Gasteiger partial charge in [-0.05, 0) is 101 Å². The van der Waals surface area contributed by atoms with E-state index < -0.39 is 0 Å². The second-order valence-corrected chi connectivity index (χ2v) is 12.5. The summed E-state index contributed by atoms with van der Waals surface area (Å²) in [6.45, 7) is 0. The van der Waals surface area contributed by atoms with Crippen molar-refractivity contribution >= 4 is 64.8 Å². The van der Waals surface area contributed by atoms with Gasteiger partial charge in [0.05, 0.1) is 11.2 Å². The van der Waals surface area contributed by atoms with Crippen molar-refractivity contribution in [2.45, 2.75) is 0 Å². The molecular formula is C46H29N. The zero-order chi connectivity index (χ0) is 30.9. The number of fused-ring (bicyclic) bond motifs is 7. The normalized spacial score (nSPS) is 11.8. The van der Waals surface area contributed by atoms with Crippen molar-refractivity contribution in [2.75, 3.05) is 0 Å². The van der Waals surface area contributed by atoms with Crippen LogP contribution in [-0.4, -0.2) is 4.57 Å². The van der Waals surface area contributed by atoms with E-state index in [4.69, 9.17) is 0 Å². The molecule has 0 aliphatic rings. The largest absolute Gasteiger partial charge is 0.309 e. The van der Waals surface area contributed by atoms with Crippen LogP contribution in [0.25, 0.3) is 92.8 Å². The third-order valence-electron chi connectivity index (χ3n) is 9.93. The molecule has 0 spiro atoms. The summed E-state index contributed by atoms with van der Waals surface area (Å²) in [4.78, 5) is 0. The molecule has 9 aromatic carbocycles. The average Bonchev–Trinajstić information content (AvgIpc) is 3.52. The molecule has 10 aromatic rings. The van der Waals surface area contributed by atoms with Gasteiger partial charge < -0.3 is 4.57 Å². The van der Waals surface area contributed by atoms with Crippen molar-refractivity contribution in [3.05, 3.63) is 176 Å². The Kier molecular flexibility index (Phi) is 5.64. The lowest BCUT2D eigenvalue weighted by Crippen LogP contribution is -1.98. The van der Waals surface area contributed by atoms with Crippen LogP contribution < -0.4 is 0 Å². The molecule has 0 N–H and O–H groups in total. The predicted molar refractivity (Wildman–Crippen MR) is 202 cm³/mol. The van der Waals surface area contributed by atoms with Gasteiger partial charge in [0.15, 0.2) is 0 Å². The molecule has 1 heterocycles. The molecule has 0 atom stereocenters. The quantitative estimate of drug-likeness (QED) is 0.141.